The maximum Gasteiger partial charge on any atom is 0.191 e. The van der Waals surface area contributed by atoms with Crippen LogP contribution in [0.5, 0.6) is 0 Å². The molecule has 0 bridgehead atoms. The summed E-state index contributed by atoms with van der Waals surface area (Å²) in [5, 5.41) is 23.2. The first-order valence-corrected chi connectivity index (χ1v) is 8.24. The van der Waals surface area contributed by atoms with Gasteiger partial charge in [0, 0.05) is 32.6 Å². The zero-order chi connectivity index (χ0) is 16.9. The molecule has 0 saturated carbocycles. The number of aryl methyl sites for hydroxylation is 1. The van der Waals surface area contributed by atoms with Gasteiger partial charge in [0.2, 0.25) is 0 Å². The van der Waals surface area contributed by atoms with Gasteiger partial charge in [0.1, 0.15) is 12.2 Å². The lowest BCUT2D eigenvalue weighted by molar-refractivity contribution is 0.0957. The van der Waals surface area contributed by atoms with Crippen LogP contribution < -0.4 is 10.6 Å². The number of guanidine groups is 1. The van der Waals surface area contributed by atoms with E-state index in [9.17, 15) is 0 Å². The van der Waals surface area contributed by atoms with Gasteiger partial charge in [0.25, 0.3) is 0 Å². The smallest absolute Gasteiger partial charge is 0.191 e. The van der Waals surface area contributed by atoms with Crippen molar-refractivity contribution >= 4 is 29.9 Å². The molecule has 0 unspecified atom stereocenters. The van der Waals surface area contributed by atoms with Crippen molar-refractivity contribution in [2.75, 3.05) is 39.5 Å². The highest BCUT2D eigenvalue weighted by molar-refractivity contribution is 14.0. The van der Waals surface area contributed by atoms with Gasteiger partial charge in [-0.05, 0) is 5.92 Å². The molecule has 140 valence electrons. The molecule has 0 fully saturated rings. The van der Waals surface area contributed by atoms with E-state index in [0.717, 1.165) is 37.8 Å². The van der Waals surface area contributed by atoms with Crippen molar-refractivity contribution < 1.29 is 9.84 Å². The first-order valence-electron chi connectivity index (χ1n) is 8.24. The van der Waals surface area contributed by atoms with Gasteiger partial charge in [0.15, 0.2) is 5.96 Å². The second kappa shape index (κ2) is 14.4. The number of aromatic nitrogens is 3. The van der Waals surface area contributed by atoms with Gasteiger partial charge in [-0.25, -0.2) is 0 Å². The standard InChI is InChI=1S/C15H30N6O2.HI/c1-4-14-20-19-12-21(14)7-5-16-15(18-11-13(2)3)17-6-9-23-10-8-22;/h12-13,22H,4-11H2,1-3H3,(H2,16,17,18);1H. The number of ether oxygens (including phenoxy) is 1. The molecular weight excluding hydrogens is 423 g/mol. The van der Waals surface area contributed by atoms with E-state index in [1.54, 1.807) is 6.33 Å². The molecule has 0 atom stereocenters. The summed E-state index contributed by atoms with van der Waals surface area (Å²) in [5.41, 5.74) is 0. The van der Waals surface area contributed by atoms with E-state index < -0.39 is 0 Å². The molecule has 0 amide bonds. The molecule has 0 aliphatic rings. The van der Waals surface area contributed by atoms with Gasteiger partial charge in [-0.2, -0.15) is 0 Å². The number of rotatable bonds is 11. The molecule has 9 heteroatoms. The van der Waals surface area contributed by atoms with E-state index in [1.807, 2.05) is 4.57 Å². The van der Waals surface area contributed by atoms with E-state index >= 15 is 0 Å². The Morgan fingerprint density at radius 1 is 1.33 bits per heavy atom. The number of hydrogen-bond acceptors (Lipinski definition) is 5. The maximum atomic E-state index is 8.68. The average Bonchev–Trinajstić information content (AvgIpc) is 2.99. The molecule has 1 heterocycles. The fraction of sp³-hybridized carbons (Fsp3) is 0.800. The van der Waals surface area contributed by atoms with E-state index in [4.69, 9.17) is 9.84 Å². The molecule has 8 nitrogen and oxygen atoms in total. The van der Waals surface area contributed by atoms with Gasteiger partial charge < -0.3 is 25.0 Å². The van der Waals surface area contributed by atoms with Crippen LogP contribution >= 0.6 is 24.0 Å². The van der Waals surface area contributed by atoms with Gasteiger partial charge in [-0.15, -0.1) is 34.2 Å². The van der Waals surface area contributed by atoms with Crippen LogP contribution in [-0.2, 0) is 17.7 Å². The number of nitrogens with zero attached hydrogens (tertiary/aromatic N) is 4. The lowest BCUT2D eigenvalue weighted by atomic mass is 10.2. The zero-order valence-electron chi connectivity index (χ0n) is 14.9. The van der Waals surface area contributed by atoms with Crippen molar-refractivity contribution in [2.24, 2.45) is 10.9 Å². The molecule has 1 aromatic rings. The molecule has 24 heavy (non-hydrogen) atoms. The Morgan fingerprint density at radius 2 is 2.08 bits per heavy atom. The third-order valence-corrected chi connectivity index (χ3v) is 3.05. The Bertz CT molecular complexity index is 453. The minimum Gasteiger partial charge on any atom is -0.394 e. The molecule has 1 aromatic heterocycles. The van der Waals surface area contributed by atoms with E-state index in [1.165, 1.54) is 0 Å². The molecule has 0 aliphatic carbocycles. The minimum atomic E-state index is 0. The summed E-state index contributed by atoms with van der Waals surface area (Å²) in [6.45, 7) is 10.2. The molecule has 0 saturated heterocycles. The Hall–Kier alpha value is -0.940. The molecule has 1 rings (SSSR count). The average molecular weight is 454 g/mol. The third kappa shape index (κ3) is 10.0. The second-order valence-electron chi connectivity index (χ2n) is 5.57. The van der Waals surface area contributed by atoms with Crippen LogP contribution in [0.25, 0.3) is 0 Å². The summed E-state index contributed by atoms with van der Waals surface area (Å²) in [5.74, 6) is 2.26. The van der Waals surface area contributed by atoms with E-state index in [0.29, 0.717) is 25.7 Å². The van der Waals surface area contributed by atoms with Crippen molar-refractivity contribution in [3.8, 4) is 0 Å². The summed E-state index contributed by atoms with van der Waals surface area (Å²) in [4.78, 5) is 4.55. The molecule has 0 aromatic carbocycles. The molecule has 0 aliphatic heterocycles. The zero-order valence-corrected chi connectivity index (χ0v) is 17.2. The number of hydrogen-bond donors (Lipinski definition) is 3. The van der Waals surface area contributed by atoms with Crippen molar-refractivity contribution in [1.82, 2.24) is 25.4 Å². The summed E-state index contributed by atoms with van der Waals surface area (Å²) in [6, 6.07) is 0. The number of nitrogens with one attached hydrogen (secondary N) is 2. The predicted octanol–water partition coefficient (Wildman–Crippen LogP) is 0.659. The second-order valence-corrected chi connectivity index (χ2v) is 5.57. The number of halogens is 1. The maximum absolute atomic E-state index is 8.68. The van der Waals surface area contributed by atoms with E-state index in [-0.39, 0.29) is 30.6 Å². The Morgan fingerprint density at radius 3 is 2.75 bits per heavy atom. The Labute approximate surface area is 161 Å². The first-order chi connectivity index (χ1) is 11.2. The summed E-state index contributed by atoms with van der Waals surface area (Å²) >= 11 is 0. The lowest BCUT2D eigenvalue weighted by Gasteiger charge is -2.14. The molecule has 3 N–H and O–H groups in total. The Kier molecular flexibility index (Phi) is 13.8. The van der Waals surface area contributed by atoms with Gasteiger partial charge >= 0.3 is 0 Å². The predicted molar refractivity (Wildman–Crippen MR) is 106 cm³/mol. The van der Waals surface area contributed by atoms with Crippen LogP contribution in [0.3, 0.4) is 0 Å². The van der Waals surface area contributed by atoms with Crippen LogP contribution in [0.15, 0.2) is 11.3 Å². The monoisotopic (exact) mass is 454 g/mol. The van der Waals surface area contributed by atoms with Crippen LogP contribution in [0.4, 0.5) is 0 Å². The highest BCUT2D eigenvalue weighted by atomic mass is 127. The van der Waals surface area contributed by atoms with Crippen LogP contribution in [0, 0.1) is 5.92 Å². The topological polar surface area (TPSA) is 96.6 Å². The fourth-order valence-electron chi connectivity index (χ4n) is 1.89. The fourth-order valence-corrected chi connectivity index (χ4v) is 1.89. The van der Waals surface area contributed by atoms with Crippen molar-refractivity contribution in [3.05, 3.63) is 12.2 Å². The number of aliphatic hydroxyl groups excluding tert-OH is 1. The Balaban J connectivity index is 0.00000529. The summed E-state index contributed by atoms with van der Waals surface area (Å²) < 4.78 is 7.28. The number of aliphatic hydroxyl groups is 1. The first kappa shape index (κ1) is 23.1. The minimum absolute atomic E-state index is 0. The normalized spacial score (nSPS) is 11.5. The van der Waals surface area contributed by atoms with E-state index in [2.05, 4.69) is 46.6 Å². The largest absolute Gasteiger partial charge is 0.394 e. The quantitative estimate of drug-likeness (QED) is 0.197. The van der Waals surface area contributed by atoms with Gasteiger partial charge in [-0.1, -0.05) is 20.8 Å². The highest BCUT2D eigenvalue weighted by Crippen LogP contribution is 1.95. The molecule has 0 spiro atoms. The molecule has 0 radical (unpaired) electrons. The summed E-state index contributed by atoms with van der Waals surface area (Å²) in [6.07, 6.45) is 2.62. The molecular formula is C15H31IN6O2. The SMILES string of the molecule is CCc1nncn1CCNC(=NCC(C)C)NCCOCCO.I. The highest BCUT2D eigenvalue weighted by Gasteiger charge is 2.03. The van der Waals surface area contributed by atoms with Crippen LogP contribution in [0.1, 0.15) is 26.6 Å². The van der Waals surface area contributed by atoms with Crippen molar-refractivity contribution in [1.29, 1.82) is 0 Å². The van der Waals surface area contributed by atoms with Crippen molar-refractivity contribution in [2.45, 2.75) is 33.7 Å². The lowest BCUT2D eigenvalue weighted by Crippen LogP contribution is -2.40. The summed E-state index contributed by atoms with van der Waals surface area (Å²) in [7, 11) is 0. The van der Waals surface area contributed by atoms with Gasteiger partial charge in [0.05, 0.1) is 19.8 Å². The van der Waals surface area contributed by atoms with Crippen molar-refractivity contribution in [3.63, 3.8) is 0 Å². The third-order valence-electron chi connectivity index (χ3n) is 3.05. The van der Waals surface area contributed by atoms with Crippen LogP contribution in [0.2, 0.25) is 0 Å². The van der Waals surface area contributed by atoms with Crippen LogP contribution in [-0.4, -0.2) is 65.3 Å². The van der Waals surface area contributed by atoms with Gasteiger partial charge in [-0.3, -0.25) is 4.99 Å². The number of aliphatic imine (C=N–C) groups is 1.